The molecule has 2 saturated carbocycles. The molecule has 2 bridgehead atoms. The van der Waals surface area contributed by atoms with Crippen LogP contribution in [0.15, 0.2) is 24.3 Å². The maximum atomic E-state index is 3.65. The summed E-state index contributed by atoms with van der Waals surface area (Å²) in [4.78, 5) is 0. The van der Waals surface area contributed by atoms with Crippen LogP contribution < -0.4 is 5.32 Å². The third-order valence-electron chi connectivity index (χ3n) is 5.47. The van der Waals surface area contributed by atoms with Crippen LogP contribution in [0.2, 0.25) is 0 Å². The van der Waals surface area contributed by atoms with Gasteiger partial charge < -0.3 is 5.32 Å². The highest BCUT2D eigenvalue weighted by Crippen LogP contribution is 2.57. The van der Waals surface area contributed by atoms with Crippen molar-refractivity contribution in [3.8, 4) is 0 Å². The lowest BCUT2D eigenvalue weighted by molar-refractivity contribution is 0.157. The van der Waals surface area contributed by atoms with Crippen molar-refractivity contribution in [1.29, 1.82) is 0 Å². The molecule has 0 spiro atoms. The molecule has 0 amide bonds. The second-order valence-corrected chi connectivity index (χ2v) is 6.89. The molecule has 1 aromatic carbocycles. The summed E-state index contributed by atoms with van der Waals surface area (Å²) in [5, 5.41) is 3.65. The van der Waals surface area contributed by atoms with E-state index < -0.39 is 0 Å². The van der Waals surface area contributed by atoms with Crippen molar-refractivity contribution in [2.75, 3.05) is 13.1 Å². The number of fused-ring (bicyclic) bond motifs is 2. The molecule has 0 aromatic heterocycles. The molecule has 0 saturated heterocycles. The van der Waals surface area contributed by atoms with Crippen molar-refractivity contribution in [3.63, 3.8) is 0 Å². The molecule has 0 heterocycles. The summed E-state index contributed by atoms with van der Waals surface area (Å²) < 4.78 is 0. The van der Waals surface area contributed by atoms with Gasteiger partial charge in [0.2, 0.25) is 0 Å². The molecular weight excluding hydrogens is 230 g/mol. The first-order valence-corrected chi connectivity index (χ1v) is 7.98. The van der Waals surface area contributed by atoms with E-state index in [1.54, 1.807) is 5.56 Å². The highest BCUT2D eigenvalue weighted by Gasteiger charge is 2.50. The van der Waals surface area contributed by atoms with Gasteiger partial charge >= 0.3 is 0 Å². The van der Waals surface area contributed by atoms with Crippen LogP contribution in [0.1, 0.15) is 43.7 Å². The predicted molar refractivity (Wildman–Crippen MR) is 81.3 cm³/mol. The van der Waals surface area contributed by atoms with Crippen LogP contribution >= 0.6 is 0 Å². The van der Waals surface area contributed by atoms with Crippen LogP contribution in [0.25, 0.3) is 0 Å². The zero-order chi connectivity index (χ0) is 13.3. The maximum absolute atomic E-state index is 3.65. The molecule has 0 radical (unpaired) electrons. The first kappa shape index (κ1) is 13.2. The average molecular weight is 257 g/mol. The minimum absolute atomic E-state index is 0.548. The van der Waals surface area contributed by atoms with E-state index in [-0.39, 0.29) is 0 Å². The molecule has 3 rings (SSSR count). The Balaban J connectivity index is 1.80. The average Bonchev–Trinajstić information content (AvgIpc) is 2.97. The highest BCUT2D eigenvalue weighted by molar-refractivity contribution is 5.24. The fraction of sp³-hybridized carbons (Fsp3) is 0.667. The third kappa shape index (κ3) is 2.58. The molecule has 2 aliphatic rings. The number of hydrogen-bond donors (Lipinski definition) is 1. The first-order chi connectivity index (χ1) is 9.22. The largest absolute Gasteiger partial charge is 0.316 e. The molecule has 1 heteroatoms. The van der Waals surface area contributed by atoms with Gasteiger partial charge in [0, 0.05) is 6.54 Å². The van der Waals surface area contributed by atoms with Crippen molar-refractivity contribution in [3.05, 3.63) is 35.4 Å². The van der Waals surface area contributed by atoms with Crippen LogP contribution in [0.4, 0.5) is 0 Å². The lowest BCUT2D eigenvalue weighted by Crippen LogP contribution is -2.40. The summed E-state index contributed by atoms with van der Waals surface area (Å²) in [5.41, 5.74) is 3.50. The van der Waals surface area contributed by atoms with E-state index in [9.17, 15) is 0 Å². The zero-order valence-corrected chi connectivity index (χ0v) is 12.4. The lowest BCUT2D eigenvalue weighted by atomic mass is 9.69. The second-order valence-electron chi connectivity index (χ2n) is 6.89. The molecule has 2 aliphatic carbocycles. The van der Waals surface area contributed by atoms with E-state index in [0.717, 1.165) is 18.4 Å². The molecule has 19 heavy (non-hydrogen) atoms. The smallest absolute Gasteiger partial charge is 0.00136 e. The standard InChI is InChI=1S/C18H27N/c1-3-19-13-18(12-16-7-8-17(18)10-16)11-15-6-4-5-14(2)9-15/h4-6,9,16-17,19H,3,7-8,10-13H2,1-2H3. The molecule has 0 aliphatic heterocycles. The van der Waals surface area contributed by atoms with Crippen molar-refractivity contribution in [1.82, 2.24) is 5.32 Å². The highest BCUT2D eigenvalue weighted by atomic mass is 14.9. The minimum Gasteiger partial charge on any atom is -0.316 e. The summed E-state index contributed by atoms with van der Waals surface area (Å²) in [5.74, 6) is 1.99. The maximum Gasteiger partial charge on any atom is 0.00136 e. The van der Waals surface area contributed by atoms with Gasteiger partial charge in [-0.2, -0.15) is 0 Å². The van der Waals surface area contributed by atoms with Gasteiger partial charge in [-0.25, -0.2) is 0 Å². The molecule has 1 N–H and O–H groups in total. The van der Waals surface area contributed by atoms with Gasteiger partial charge in [-0.15, -0.1) is 0 Å². The van der Waals surface area contributed by atoms with Gasteiger partial charge in [-0.3, -0.25) is 0 Å². The van der Waals surface area contributed by atoms with Crippen LogP contribution in [0.5, 0.6) is 0 Å². The van der Waals surface area contributed by atoms with Crippen LogP contribution in [-0.2, 0) is 6.42 Å². The second kappa shape index (κ2) is 5.28. The molecule has 2 fully saturated rings. The van der Waals surface area contributed by atoms with E-state index in [0.29, 0.717) is 5.41 Å². The molecular formula is C18H27N. The summed E-state index contributed by atoms with van der Waals surface area (Å²) in [6.45, 7) is 6.76. The molecule has 1 nitrogen and oxygen atoms in total. The SMILES string of the molecule is CCNCC1(Cc2cccc(C)c2)CC2CCC1C2. The van der Waals surface area contributed by atoms with Gasteiger partial charge in [-0.1, -0.05) is 43.2 Å². The monoisotopic (exact) mass is 257 g/mol. The van der Waals surface area contributed by atoms with Crippen LogP contribution in [-0.4, -0.2) is 13.1 Å². The zero-order valence-electron chi connectivity index (χ0n) is 12.4. The van der Waals surface area contributed by atoms with Gasteiger partial charge in [-0.05, 0) is 62.0 Å². The van der Waals surface area contributed by atoms with Crippen LogP contribution in [0, 0.1) is 24.2 Å². The van der Waals surface area contributed by atoms with Crippen molar-refractivity contribution in [2.24, 2.45) is 17.3 Å². The quantitative estimate of drug-likeness (QED) is 0.842. The molecule has 1 aromatic rings. The van der Waals surface area contributed by atoms with Crippen LogP contribution in [0.3, 0.4) is 0 Å². The Kier molecular flexibility index (Phi) is 3.66. The number of rotatable bonds is 5. The van der Waals surface area contributed by atoms with Gasteiger partial charge in [0.05, 0.1) is 0 Å². The number of nitrogens with one attached hydrogen (secondary N) is 1. The summed E-state index contributed by atoms with van der Waals surface area (Å²) >= 11 is 0. The normalized spacial score (nSPS) is 32.9. The first-order valence-electron chi connectivity index (χ1n) is 7.98. The van der Waals surface area contributed by atoms with E-state index in [1.807, 2.05) is 0 Å². The Bertz CT molecular complexity index is 439. The fourth-order valence-electron chi connectivity index (χ4n) is 4.66. The van der Waals surface area contributed by atoms with Gasteiger partial charge in [0.1, 0.15) is 0 Å². The van der Waals surface area contributed by atoms with E-state index in [2.05, 4.69) is 43.4 Å². The fourth-order valence-corrected chi connectivity index (χ4v) is 4.66. The van der Waals surface area contributed by atoms with Crippen molar-refractivity contribution < 1.29 is 0 Å². The summed E-state index contributed by atoms with van der Waals surface area (Å²) in [6.07, 6.45) is 7.20. The Morgan fingerprint density at radius 2 is 2.21 bits per heavy atom. The number of hydrogen-bond acceptors (Lipinski definition) is 1. The Hall–Kier alpha value is -0.820. The minimum atomic E-state index is 0.548. The number of benzene rings is 1. The van der Waals surface area contributed by atoms with Gasteiger partial charge in [0.25, 0.3) is 0 Å². The Labute approximate surface area is 117 Å². The topological polar surface area (TPSA) is 12.0 Å². The molecule has 3 unspecified atom stereocenters. The van der Waals surface area contributed by atoms with Gasteiger partial charge in [0.15, 0.2) is 0 Å². The third-order valence-corrected chi connectivity index (χ3v) is 5.47. The number of aryl methyl sites for hydroxylation is 1. The molecule has 3 atom stereocenters. The lowest BCUT2D eigenvalue weighted by Gasteiger charge is -2.38. The Morgan fingerprint density at radius 1 is 1.32 bits per heavy atom. The van der Waals surface area contributed by atoms with Crippen molar-refractivity contribution in [2.45, 2.75) is 46.0 Å². The molecule has 104 valence electrons. The predicted octanol–water partition coefficient (Wildman–Crippen LogP) is 3.95. The Morgan fingerprint density at radius 3 is 2.84 bits per heavy atom. The van der Waals surface area contributed by atoms with Crippen molar-refractivity contribution >= 4 is 0 Å². The van der Waals surface area contributed by atoms with E-state index in [4.69, 9.17) is 0 Å². The van der Waals surface area contributed by atoms with E-state index >= 15 is 0 Å². The summed E-state index contributed by atoms with van der Waals surface area (Å²) in [6, 6.07) is 9.15. The van der Waals surface area contributed by atoms with E-state index in [1.165, 1.54) is 44.2 Å². The summed E-state index contributed by atoms with van der Waals surface area (Å²) in [7, 11) is 0.